The van der Waals surface area contributed by atoms with Gasteiger partial charge in [0.25, 0.3) is 0 Å². The molecule has 2 aliphatic rings. The largest absolute Gasteiger partial charge is 0.457 e. The molecule has 1 atom stereocenters. The molecule has 3 rings (SSSR count). The number of esters is 1. The third kappa shape index (κ3) is 2.54. The highest BCUT2D eigenvalue weighted by Crippen LogP contribution is 2.42. The van der Waals surface area contributed by atoms with Crippen LogP contribution in [0.5, 0.6) is 0 Å². The van der Waals surface area contributed by atoms with Gasteiger partial charge in [-0.15, -0.1) is 0 Å². The highest BCUT2D eigenvalue weighted by atomic mass is 35.5. The van der Waals surface area contributed by atoms with Crippen LogP contribution < -0.4 is 5.32 Å². The van der Waals surface area contributed by atoms with Crippen molar-refractivity contribution in [3.8, 4) is 0 Å². The van der Waals surface area contributed by atoms with Gasteiger partial charge in [-0.05, 0) is 43.9 Å². The van der Waals surface area contributed by atoms with E-state index >= 15 is 0 Å². The van der Waals surface area contributed by atoms with Gasteiger partial charge < -0.3 is 10.1 Å². The molecule has 102 valence electrons. The van der Waals surface area contributed by atoms with Gasteiger partial charge in [0.15, 0.2) is 0 Å². The topological polar surface area (TPSA) is 38.3 Å². The lowest BCUT2D eigenvalue weighted by molar-refractivity contribution is -0.148. The first-order chi connectivity index (χ1) is 9.08. The van der Waals surface area contributed by atoms with E-state index in [2.05, 4.69) is 5.32 Å². The van der Waals surface area contributed by atoms with Crippen molar-refractivity contribution in [3.05, 3.63) is 28.2 Å². The second-order valence-corrected chi connectivity index (χ2v) is 6.18. The first-order valence-corrected chi connectivity index (χ1v) is 7.28. The number of halogens is 2. The lowest BCUT2D eigenvalue weighted by atomic mass is 9.96. The minimum Gasteiger partial charge on any atom is -0.457 e. The van der Waals surface area contributed by atoms with Crippen molar-refractivity contribution in [3.63, 3.8) is 0 Å². The molecule has 1 aliphatic heterocycles. The van der Waals surface area contributed by atoms with E-state index in [1.54, 1.807) is 18.2 Å². The number of hydrogen-bond acceptors (Lipinski definition) is 3. The Morgan fingerprint density at radius 2 is 2.00 bits per heavy atom. The van der Waals surface area contributed by atoms with E-state index in [0.29, 0.717) is 10.0 Å². The summed E-state index contributed by atoms with van der Waals surface area (Å²) in [5, 5.41) is 4.27. The van der Waals surface area contributed by atoms with E-state index in [4.69, 9.17) is 27.9 Å². The number of benzene rings is 1. The second kappa shape index (κ2) is 4.88. The lowest BCUT2D eigenvalue weighted by Crippen LogP contribution is -2.26. The van der Waals surface area contributed by atoms with Gasteiger partial charge in [0.1, 0.15) is 11.6 Å². The predicted molar refractivity (Wildman–Crippen MR) is 75.8 cm³/mol. The van der Waals surface area contributed by atoms with Gasteiger partial charge in [0.05, 0.1) is 10.7 Å². The van der Waals surface area contributed by atoms with E-state index in [0.717, 1.165) is 37.8 Å². The van der Waals surface area contributed by atoms with Crippen LogP contribution in [0.15, 0.2) is 18.2 Å². The lowest BCUT2D eigenvalue weighted by Gasteiger charge is -2.20. The van der Waals surface area contributed by atoms with E-state index in [1.165, 1.54) is 0 Å². The summed E-state index contributed by atoms with van der Waals surface area (Å²) in [7, 11) is 0. The van der Waals surface area contributed by atoms with Gasteiger partial charge in [-0.25, -0.2) is 4.79 Å². The molecule has 0 aromatic heterocycles. The summed E-state index contributed by atoms with van der Waals surface area (Å²) in [4.78, 5) is 12.0. The van der Waals surface area contributed by atoms with Gasteiger partial charge in [-0.1, -0.05) is 23.2 Å². The number of hydrogen-bond donors (Lipinski definition) is 1. The number of nitrogens with one attached hydrogen (secondary N) is 1. The molecule has 1 saturated heterocycles. The summed E-state index contributed by atoms with van der Waals surface area (Å²) in [5.74, 6) is -0.173. The molecule has 19 heavy (non-hydrogen) atoms. The standard InChI is InChI=1S/C14H15Cl2NO2/c15-9-3-4-11(10(16)7-9)17-12-8-14(19-13(12)18)5-1-2-6-14/h3-4,7,12,17H,1-2,5-6,8H2. The Morgan fingerprint density at radius 1 is 1.26 bits per heavy atom. The molecule has 1 saturated carbocycles. The zero-order valence-corrected chi connectivity index (χ0v) is 11.9. The van der Waals surface area contributed by atoms with Crippen LogP contribution in [0.4, 0.5) is 5.69 Å². The molecule has 1 aromatic carbocycles. The van der Waals surface area contributed by atoms with Crippen LogP contribution in [-0.4, -0.2) is 17.6 Å². The highest BCUT2D eigenvalue weighted by Gasteiger charge is 2.48. The summed E-state index contributed by atoms with van der Waals surface area (Å²) in [5.41, 5.74) is 0.497. The maximum absolute atomic E-state index is 12.0. The summed E-state index contributed by atoms with van der Waals surface area (Å²) >= 11 is 12.0. The normalized spacial score (nSPS) is 24.7. The first kappa shape index (κ1) is 13.1. The molecule has 1 heterocycles. The van der Waals surface area contributed by atoms with Crippen LogP contribution in [0.1, 0.15) is 32.1 Å². The molecule has 0 amide bonds. The van der Waals surface area contributed by atoms with Gasteiger partial charge in [0.2, 0.25) is 0 Å². The number of carbonyl (C=O) groups excluding carboxylic acids is 1. The van der Waals surface area contributed by atoms with Crippen LogP contribution in [0.3, 0.4) is 0 Å². The van der Waals surface area contributed by atoms with Crippen molar-refractivity contribution in [2.24, 2.45) is 0 Å². The van der Waals surface area contributed by atoms with Crippen molar-refractivity contribution < 1.29 is 9.53 Å². The average Bonchev–Trinajstić information content (AvgIpc) is 2.91. The molecule has 0 radical (unpaired) electrons. The zero-order chi connectivity index (χ0) is 13.5. The molecule has 3 nitrogen and oxygen atoms in total. The van der Waals surface area contributed by atoms with Gasteiger partial charge in [0, 0.05) is 11.4 Å². The fourth-order valence-corrected chi connectivity index (χ4v) is 3.47. The molecular weight excluding hydrogens is 285 g/mol. The maximum atomic E-state index is 12.0. The highest BCUT2D eigenvalue weighted by molar-refractivity contribution is 6.36. The van der Waals surface area contributed by atoms with Crippen molar-refractivity contribution in [2.75, 3.05) is 5.32 Å². The van der Waals surface area contributed by atoms with E-state index in [9.17, 15) is 4.79 Å². The Balaban J connectivity index is 1.75. The first-order valence-electron chi connectivity index (χ1n) is 6.52. The molecule has 1 unspecified atom stereocenters. The van der Waals surface area contributed by atoms with Crippen LogP contribution >= 0.6 is 23.2 Å². The Bertz CT molecular complexity index is 512. The molecule has 1 N–H and O–H groups in total. The number of rotatable bonds is 2. The van der Waals surface area contributed by atoms with E-state index in [-0.39, 0.29) is 17.6 Å². The quantitative estimate of drug-likeness (QED) is 0.838. The SMILES string of the molecule is O=C1OC2(CCCC2)CC1Nc1ccc(Cl)cc1Cl. The monoisotopic (exact) mass is 299 g/mol. The summed E-state index contributed by atoms with van der Waals surface area (Å²) < 4.78 is 5.59. The van der Waals surface area contributed by atoms with E-state index in [1.807, 2.05) is 0 Å². The maximum Gasteiger partial charge on any atom is 0.329 e. The number of anilines is 1. The third-order valence-corrected chi connectivity index (χ3v) is 4.50. The second-order valence-electron chi connectivity index (χ2n) is 5.34. The summed E-state index contributed by atoms with van der Waals surface area (Å²) in [6.45, 7) is 0. The molecule has 1 aromatic rings. The molecule has 5 heteroatoms. The Labute approximate surface area is 122 Å². The average molecular weight is 300 g/mol. The Kier molecular flexibility index (Phi) is 3.35. The summed E-state index contributed by atoms with van der Waals surface area (Å²) in [6.07, 6.45) is 4.96. The van der Waals surface area contributed by atoms with Crippen LogP contribution in [0.2, 0.25) is 10.0 Å². The summed E-state index contributed by atoms with van der Waals surface area (Å²) in [6, 6.07) is 4.90. The molecule has 2 fully saturated rings. The fourth-order valence-electron chi connectivity index (χ4n) is 3.01. The number of ether oxygens (including phenoxy) is 1. The molecular formula is C14H15Cl2NO2. The van der Waals surface area contributed by atoms with Gasteiger partial charge in [-0.2, -0.15) is 0 Å². The fraction of sp³-hybridized carbons (Fsp3) is 0.500. The number of carbonyl (C=O) groups is 1. The van der Waals surface area contributed by atoms with Crippen molar-refractivity contribution in [1.29, 1.82) is 0 Å². The van der Waals surface area contributed by atoms with Crippen molar-refractivity contribution in [1.82, 2.24) is 0 Å². The molecule has 1 spiro atoms. The zero-order valence-electron chi connectivity index (χ0n) is 10.4. The van der Waals surface area contributed by atoms with Crippen molar-refractivity contribution >= 4 is 34.9 Å². The molecule has 0 bridgehead atoms. The predicted octanol–water partition coefficient (Wildman–Crippen LogP) is 4.03. The Hall–Kier alpha value is -0.930. The van der Waals surface area contributed by atoms with Crippen LogP contribution in [0.25, 0.3) is 0 Å². The van der Waals surface area contributed by atoms with Crippen LogP contribution in [0, 0.1) is 0 Å². The van der Waals surface area contributed by atoms with E-state index < -0.39 is 0 Å². The van der Waals surface area contributed by atoms with Crippen molar-refractivity contribution in [2.45, 2.75) is 43.7 Å². The molecule has 1 aliphatic carbocycles. The minimum absolute atomic E-state index is 0.173. The Morgan fingerprint density at radius 3 is 2.68 bits per heavy atom. The smallest absolute Gasteiger partial charge is 0.329 e. The van der Waals surface area contributed by atoms with Gasteiger partial charge >= 0.3 is 5.97 Å². The van der Waals surface area contributed by atoms with Crippen LogP contribution in [-0.2, 0) is 9.53 Å². The third-order valence-electron chi connectivity index (χ3n) is 3.95. The minimum atomic E-state index is -0.309. The van der Waals surface area contributed by atoms with Gasteiger partial charge in [-0.3, -0.25) is 0 Å².